The van der Waals surface area contributed by atoms with Gasteiger partial charge in [0, 0.05) is 24.0 Å². The maximum absolute atomic E-state index is 6.06. The maximum atomic E-state index is 6.06. The molecule has 0 saturated carbocycles. The molecule has 1 heterocycles. The van der Waals surface area contributed by atoms with E-state index in [0.717, 1.165) is 23.8 Å². The van der Waals surface area contributed by atoms with Crippen LogP contribution in [0.15, 0.2) is 36.7 Å². The van der Waals surface area contributed by atoms with Crippen LogP contribution in [0.2, 0.25) is 5.02 Å². The van der Waals surface area contributed by atoms with Crippen LogP contribution in [-0.2, 0) is 6.54 Å². The van der Waals surface area contributed by atoms with Crippen LogP contribution in [0.25, 0.3) is 5.69 Å². The van der Waals surface area contributed by atoms with Crippen molar-refractivity contribution >= 4 is 11.6 Å². The van der Waals surface area contributed by atoms with Crippen LogP contribution in [0.3, 0.4) is 0 Å². The summed E-state index contributed by atoms with van der Waals surface area (Å²) in [4.78, 5) is 0. The van der Waals surface area contributed by atoms with E-state index < -0.39 is 0 Å². The first-order valence-corrected chi connectivity index (χ1v) is 6.54. The lowest BCUT2D eigenvalue weighted by molar-refractivity contribution is 0.551. The normalized spacial score (nSPS) is 11.1. The van der Waals surface area contributed by atoms with E-state index in [-0.39, 0.29) is 0 Å². The standard InChI is InChI=1S/C14H18ClN3/c1-11(2)9-16-10-12-4-5-13(15)8-14(12)18-7-3-6-17-18/h3-8,11,16H,9-10H2,1-2H3. The van der Waals surface area contributed by atoms with Gasteiger partial charge in [-0.05, 0) is 36.2 Å². The molecule has 0 aliphatic rings. The Morgan fingerprint density at radius 2 is 2.22 bits per heavy atom. The average Bonchev–Trinajstić information content (AvgIpc) is 2.84. The lowest BCUT2D eigenvalue weighted by atomic mass is 10.1. The molecule has 0 amide bonds. The second kappa shape index (κ2) is 6.03. The second-order valence-electron chi connectivity index (χ2n) is 4.75. The van der Waals surface area contributed by atoms with E-state index >= 15 is 0 Å². The molecule has 1 aromatic carbocycles. The van der Waals surface area contributed by atoms with Crippen LogP contribution >= 0.6 is 11.6 Å². The Morgan fingerprint density at radius 1 is 1.39 bits per heavy atom. The lowest BCUT2D eigenvalue weighted by Crippen LogP contribution is -2.20. The Labute approximate surface area is 113 Å². The fourth-order valence-corrected chi connectivity index (χ4v) is 1.97. The highest BCUT2D eigenvalue weighted by Crippen LogP contribution is 2.19. The average molecular weight is 264 g/mol. The first-order valence-electron chi connectivity index (χ1n) is 6.16. The Kier molecular flexibility index (Phi) is 4.39. The van der Waals surface area contributed by atoms with E-state index in [4.69, 9.17) is 11.6 Å². The van der Waals surface area contributed by atoms with Gasteiger partial charge in [-0.15, -0.1) is 0 Å². The number of benzene rings is 1. The summed E-state index contributed by atoms with van der Waals surface area (Å²) in [7, 11) is 0. The van der Waals surface area contributed by atoms with E-state index in [9.17, 15) is 0 Å². The number of aromatic nitrogens is 2. The van der Waals surface area contributed by atoms with Gasteiger partial charge in [-0.1, -0.05) is 31.5 Å². The first kappa shape index (κ1) is 13.1. The zero-order valence-electron chi connectivity index (χ0n) is 10.7. The molecule has 1 aromatic heterocycles. The third kappa shape index (κ3) is 3.34. The second-order valence-corrected chi connectivity index (χ2v) is 5.18. The van der Waals surface area contributed by atoms with Gasteiger partial charge in [0.15, 0.2) is 0 Å². The van der Waals surface area contributed by atoms with E-state index in [1.54, 1.807) is 6.20 Å². The molecule has 1 N–H and O–H groups in total. The summed E-state index contributed by atoms with van der Waals surface area (Å²) in [5.41, 5.74) is 2.23. The molecule has 2 rings (SSSR count). The van der Waals surface area contributed by atoms with E-state index in [0.29, 0.717) is 5.92 Å². The Morgan fingerprint density at radius 3 is 2.89 bits per heavy atom. The number of nitrogens with one attached hydrogen (secondary N) is 1. The molecular weight excluding hydrogens is 246 g/mol. The Hall–Kier alpha value is -1.32. The maximum Gasteiger partial charge on any atom is 0.0705 e. The fraction of sp³-hybridized carbons (Fsp3) is 0.357. The number of hydrogen-bond acceptors (Lipinski definition) is 2. The SMILES string of the molecule is CC(C)CNCc1ccc(Cl)cc1-n1cccn1. The third-order valence-electron chi connectivity index (χ3n) is 2.67. The zero-order chi connectivity index (χ0) is 13.0. The molecule has 18 heavy (non-hydrogen) atoms. The summed E-state index contributed by atoms with van der Waals surface area (Å²) in [6, 6.07) is 7.82. The topological polar surface area (TPSA) is 29.9 Å². The van der Waals surface area contributed by atoms with Crippen molar-refractivity contribution in [2.24, 2.45) is 5.92 Å². The number of hydrogen-bond donors (Lipinski definition) is 1. The van der Waals surface area contributed by atoms with Gasteiger partial charge in [-0.3, -0.25) is 0 Å². The molecule has 0 atom stereocenters. The van der Waals surface area contributed by atoms with E-state index in [1.165, 1.54) is 5.56 Å². The van der Waals surface area contributed by atoms with Crippen LogP contribution in [0.1, 0.15) is 19.4 Å². The number of nitrogens with zero attached hydrogens (tertiary/aromatic N) is 2. The molecule has 0 fully saturated rings. The van der Waals surface area contributed by atoms with Crippen LogP contribution in [-0.4, -0.2) is 16.3 Å². The zero-order valence-corrected chi connectivity index (χ0v) is 11.5. The summed E-state index contributed by atoms with van der Waals surface area (Å²) in [5.74, 6) is 0.644. The summed E-state index contributed by atoms with van der Waals surface area (Å²) in [6.07, 6.45) is 3.70. The minimum atomic E-state index is 0.644. The number of halogens is 1. The summed E-state index contributed by atoms with van der Waals surface area (Å²) in [6.45, 7) is 6.22. The van der Waals surface area contributed by atoms with Crippen LogP contribution in [0, 0.1) is 5.92 Å². The quantitative estimate of drug-likeness (QED) is 0.897. The number of rotatable bonds is 5. The molecule has 0 aliphatic heterocycles. The smallest absolute Gasteiger partial charge is 0.0705 e. The van der Waals surface area contributed by atoms with Crippen LogP contribution < -0.4 is 5.32 Å². The first-order chi connectivity index (χ1) is 8.66. The molecule has 3 nitrogen and oxygen atoms in total. The molecule has 0 saturated heterocycles. The van der Waals surface area contributed by atoms with Crippen molar-refractivity contribution < 1.29 is 0 Å². The van der Waals surface area contributed by atoms with Gasteiger partial charge in [0.2, 0.25) is 0 Å². The van der Waals surface area contributed by atoms with Crippen molar-refractivity contribution in [1.29, 1.82) is 0 Å². The van der Waals surface area contributed by atoms with Gasteiger partial charge in [0.1, 0.15) is 0 Å². The molecular formula is C14H18ClN3. The van der Waals surface area contributed by atoms with Gasteiger partial charge >= 0.3 is 0 Å². The fourth-order valence-electron chi connectivity index (χ4n) is 1.81. The third-order valence-corrected chi connectivity index (χ3v) is 2.90. The van der Waals surface area contributed by atoms with Crippen molar-refractivity contribution in [1.82, 2.24) is 15.1 Å². The summed E-state index contributed by atoms with van der Waals surface area (Å²) < 4.78 is 1.85. The van der Waals surface area contributed by atoms with Crippen molar-refractivity contribution in [2.75, 3.05) is 6.54 Å². The highest BCUT2D eigenvalue weighted by molar-refractivity contribution is 6.30. The summed E-state index contributed by atoms with van der Waals surface area (Å²) >= 11 is 6.06. The van der Waals surface area contributed by atoms with E-state index in [1.807, 2.05) is 35.1 Å². The predicted molar refractivity (Wildman–Crippen MR) is 75.1 cm³/mol. The van der Waals surface area contributed by atoms with Crippen molar-refractivity contribution in [3.05, 3.63) is 47.2 Å². The minimum absolute atomic E-state index is 0.644. The minimum Gasteiger partial charge on any atom is -0.312 e. The van der Waals surface area contributed by atoms with Crippen LogP contribution in [0.5, 0.6) is 0 Å². The molecule has 0 unspecified atom stereocenters. The van der Waals surface area contributed by atoms with Gasteiger partial charge < -0.3 is 5.32 Å². The van der Waals surface area contributed by atoms with Crippen molar-refractivity contribution in [2.45, 2.75) is 20.4 Å². The highest BCUT2D eigenvalue weighted by atomic mass is 35.5. The molecule has 0 radical (unpaired) electrons. The lowest BCUT2D eigenvalue weighted by Gasteiger charge is -2.12. The van der Waals surface area contributed by atoms with Gasteiger partial charge in [0.05, 0.1) is 5.69 Å². The highest BCUT2D eigenvalue weighted by Gasteiger charge is 2.06. The molecule has 0 bridgehead atoms. The molecule has 4 heteroatoms. The monoisotopic (exact) mass is 263 g/mol. The molecule has 96 valence electrons. The molecule has 2 aromatic rings. The van der Waals surface area contributed by atoms with Crippen molar-refractivity contribution in [3.63, 3.8) is 0 Å². The van der Waals surface area contributed by atoms with Crippen molar-refractivity contribution in [3.8, 4) is 5.69 Å². The predicted octanol–water partition coefficient (Wildman–Crippen LogP) is 3.27. The van der Waals surface area contributed by atoms with Gasteiger partial charge in [-0.25, -0.2) is 4.68 Å². The van der Waals surface area contributed by atoms with E-state index in [2.05, 4.69) is 24.3 Å². The molecule has 0 aliphatic carbocycles. The summed E-state index contributed by atoms with van der Waals surface area (Å²) in [5, 5.41) is 8.43. The van der Waals surface area contributed by atoms with Gasteiger partial charge in [-0.2, -0.15) is 5.10 Å². The Bertz CT molecular complexity index is 492. The Balaban J connectivity index is 2.19. The molecule has 0 spiro atoms. The van der Waals surface area contributed by atoms with Crippen LogP contribution in [0.4, 0.5) is 0 Å². The van der Waals surface area contributed by atoms with Gasteiger partial charge in [0.25, 0.3) is 0 Å². The largest absolute Gasteiger partial charge is 0.312 e.